The SMILES string of the molecule is CCOC(CC)(CC)C(N)c1c(OC)cnn1C(C)C. The van der Waals surface area contributed by atoms with Crippen LogP contribution in [-0.2, 0) is 4.74 Å². The zero-order chi connectivity index (χ0) is 15.3. The normalized spacial score (nSPS) is 13.8. The number of hydrogen-bond donors (Lipinski definition) is 1. The Morgan fingerprint density at radius 3 is 2.30 bits per heavy atom. The van der Waals surface area contributed by atoms with E-state index >= 15 is 0 Å². The largest absolute Gasteiger partial charge is 0.493 e. The second kappa shape index (κ2) is 7.09. The van der Waals surface area contributed by atoms with Gasteiger partial charge >= 0.3 is 0 Å². The second-order valence-corrected chi connectivity index (χ2v) is 5.32. The Labute approximate surface area is 122 Å². The van der Waals surface area contributed by atoms with Gasteiger partial charge < -0.3 is 15.2 Å². The first-order valence-corrected chi connectivity index (χ1v) is 7.48. The average Bonchev–Trinajstić information content (AvgIpc) is 2.88. The van der Waals surface area contributed by atoms with E-state index in [-0.39, 0.29) is 17.7 Å². The van der Waals surface area contributed by atoms with Crippen LogP contribution in [0.5, 0.6) is 5.75 Å². The van der Waals surface area contributed by atoms with E-state index in [2.05, 4.69) is 32.8 Å². The Hall–Kier alpha value is -1.07. The number of methoxy groups -OCH3 is 1. The van der Waals surface area contributed by atoms with Gasteiger partial charge in [-0.25, -0.2) is 0 Å². The summed E-state index contributed by atoms with van der Waals surface area (Å²) < 4.78 is 13.4. The van der Waals surface area contributed by atoms with Crippen LogP contribution >= 0.6 is 0 Å². The minimum atomic E-state index is -0.380. The molecule has 5 heteroatoms. The summed E-state index contributed by atoms with van der Waals surface area (Å²) in [6, 6.07) is -0.0368. The Morgan fingerprint density at radius 1 is 1.30 bits per heavy atom. The summed E-state index contributed by atoms with van der Waals surface area (Å²) in [5.41, 5.74) is 7.11. The van der Waals surface area contributed by atoms with Gasteiger partial charge in [-0.05, 0) is 33.6 Å². The molecule has 5 nitrogen and oxygen atoms in total. The fraction of sp³-hybridized carbons (Fsp3) is 0.800. The van der Waals surface area contributed by atoms with Gasteiger partial charge in [0, 0.05) is 12.6 Å². The van der Waals surface area contributed by atoms with Crippen LogP contribution in [0.3, 0.4) is 0 Å². The molecule has 0 saturated carbocycles. The second-order valence-electron chi connectivity index (χ2n) is 5.32. The number of rotatable bonds is 8. The number of nitrogens with zero attached hydrogens (tertiary/aromatic N) is 2. The van der Waals surface area contributed by atoms with E-state index in [1.807, 2.05) is 11.6 Å². The number of nitrogens with two attached hydrogens (primary N) is 1. The van der Waals surface area contributed by atoms with Crippen molar-refractivity contribution in [2.24, 2.45) is 5.73 Å². The first kappa shape index (κ1) is 17.0. The molecular formula is C15H29N3O2. The molecule has 1 atom stereocenters. The summed E-state index contributed by atoms with van der Waals surface area (Å²) in [6.07, 6.45) is 3.44. The van der Waals surface area contributed by atoms with Crippen molar-refractivity contribution in [1.29, 1.82) is 0 Å². The van der Waals surface area contributed by atoms with E-state index in [0.29, 0.717) is 6.61 Å². The van der Waals surface area contributed by atoms with Crippen molar-refractivity contribution >= 4 is 0 Å². The maximum atomic E-state index is 6.57. The molecule has 0 radical (unpaired) electrons. The molecule has 1 aromatic rings. The third-order valence-electron chi connectivity index (χ3n) is 4.00. The highest BCUT2D eigenvalue weighted by atomic mass is 16.5. The molecule has 0 bridgehead atoms. The predicted octanol–water partition coefficient (Wildman–Crippen LogP) is 3.07. The van der Waals surface area contributed by atoms with Crippen molar-refractivity contribution in [3.63, 3.8) is 0 Å². The van der Waals surface area contributed by atoms with Gasteiger partial charge in [0.2, 0.25) is 0 Å². The van der Waals surface area contributed by atoms with Crippen molar-refractivity contribution < 1.29 is 9.47 Å². The average molecular weight is 283 g/mol. The van der Waals surface area contributed by atoms with E-state index in [9.17, 15) is 0 Å². The Bertz CT molecular complexity index is 411. The van der Waals surface area contributed by atoms with E-state index in [1.165, 1.54) is 0 Å². The third-order valence-corrected chi connectivity index (χ3v) is 4.00. The summed E-state index contributed by atoms with van der Waals surface area (Å²) >= 11 is 0. The molecular weight excluding hydrogens is 254 g/mol. The van der Waals surface area contributed by atoms with E-state index in [1.54, 1.807) is 13.3 Å². The zero-order valence-corrected chi connectivity index (χ0v) is 13.6. The van der Waals surface area contributed by atoms with E-state index in [0.717, 1.165) is 24.3 Å². The molecule has 0 spiro atoms. The zero-order valence-electron chi connectivity index (χ0n) is 13.6. The molecule has 0 aliphatic heterocycles. The van der Waals surface area contributed by atoms with E-state index < -0.39 is 0 Å². The Kier molecular flexibility index (Phi) is 6.02. The minimum absolute atomic E-state index is 0.230. The van der Waals surface area contributed by atoms with Gasteiger partial charge in [0.1, 0.15) is 5.69 Å². The highest BCUT2D eigenvalue weighted by molar-refractivity contribution is 5.30. The Balaban J connectivity index is 3.29. The lowest BCUT2D eigenvalue weighted by atomic mass is 9.86. The Morgan fingerprint density at radius 2 is 1.90 bits per heavy atom. The van der Waals surface area contributed by atoms with Crippen molar-refractivity contribution in [3.8, 4) is 5.75 Å². The minimum Gasteiger partial charge on any atom is -0.493 e. The molecule has 116 valence electrons. The number of hydrogen-bond acceptors (Lipinski definition) is 4. The van der Waals surface area contributed by atoms with Gasteiger partial charge in [-0.2, -0.15) is 5.10 Å². The van der Waals surface area contributed by atoms with Gasteiger partial charge in [-0.15, -0.1) is 0 Å². The fourth-order valence-corrected chi connectivity index (χ4v) is 2.74. The molecule has 1 unspecified atom stereocenters. The maximum Gasteiger partial charge on any atom is 0.161 e. The van der Waals surface area contributed by atoms with Crippen molar-refractivity contribution in [2.75, 3.05) is 13.7 Å². The molecule has 1 aromatic heterocycles. The van der Waals surface area contributed by atoms with Gasteiger partial charge in [0.15, 0.2) is 5.75 Å². The fourth-order valence-electron chi connectivity index (χ4n) is 2.74. The van der Waals surface area contributed by atoms with Crippen LogP contribution in [0.15, 0.2) is 6.20 Å². The van der Waals surface area contributed by atoms with Crippen LogP contribution in [0, 0.1) is 0 Å². The highest BCUT2D eigenvalue weighted by Crippen LogP contribution is 2.38. The number of aromatic nitrogens is 2. The van der Waals surface area contributed by atoms with Crippen LogP contribution in [-0.4, -0.2) is 29.1 Å². The van der Waals surface area contributed by atoms with E-state index in [4.69, 9.17) is 15.2 Å². The molecule has 20 heavy (non-hydrogen) atoms. The predicted molar refractivity (Wildman–Crippen MR) is 81.0 cm³/mol. The molecule has 0 aliphatic rings. The van der Waals surface area contributed by atoms with Crippen LogP contribution in [0.1, 0.15) is 65.2 Å². The van der Waals surface area contributed by atoms with Gasteiger partial charge in [0.05, 0.1) is 24.9 Å². The summed E-state index contributed by atoms with van der Waals surface area (Å²) in [4.78, 5) is 0. The standard InChI is InChI=1S/C15H29N3O2/c1-7-15(8-2,20-9-3)14(16)13-12(19-6)10-17-18(13)11(4)5/h10-11,14H,7-9,16H2,1-6H3. The summed E-state index contributed by atoms with van der Waals surface area (Å²) in [6.45, 7) is 11.0. The summed E-state index contributed by atoms with van der Waals surface area (Å²) in [7, 11) is 1.65. The molecule has 1 heterocycles. The monoisotopic (exact) mass is 283 g/mol. The lowest BCUT2D eigenvalue weighted by Crippen LogP contribution is -2.44. The lowest BCUT2D eigenvalue weighted by Gasteiger charge is -2.38. The first-order chi connectivity index (χ1) is 9.47. The number of ether oxygens (including phenoxy) is 2. The topological polar surface area (TPSA) is 62.3 Å². The molecule has 2 N–H and O–H groups in total. The van der Waals surface area contributed by atoms with Crippen LogP contribution in [0.25, 0.3) is 0 Å². The van der Waals surface area contributed by atoms with Crippen LogP contribution in [0.2, 0.25) is 0 Å². The highest BCUT2D eigenvalue weighted by Gasteiger charge is 2.39. The van der Waals surface area contributed by atoms with Crippen molar-refractivity contribution in [3.05, 3.63) is 11.9 Å². The molecule has 0 aromatic carbocycles. The quantitative estimate of drug-likeness (QED) is 0.796. The van der Waals surface area contributed by atoms with Crippen molar-refractivity contribution in [2.45, 2.75) is 65.1 Å². The molecule has 0 amide bonds. The molecule has 0 aliphatic carbocycles. The molecule has 0 saturated heterocycles. The van der Waals surface area contributed by atoms with Crippen LogP contribution < -0.4 is 10.5 Å². The van der Waals surface area contributed by atoms with Gasteiger partial charge in [0.25, 0.3) is 0 Å². The lowest BCUT2D eigenvalue weighted by molar-refractivity contribution is -0.0667. The smallest absolute Gasteiger partial charge is 0.161 e. The third kappa shape index (κ3) is 2.99. The summed E-state index contributed by atoms with van der Waals surface area (Å²) in [5, 5.41) is 4.41. The van der Waals surface area contributed by atoms with Crippen molar-refractivity contribution in [1.82, 2.24) is 9.78 Å². The van der Waals surface area contributed by atoms with Gasteiger partial charge in [-0.3, -0.25) is 4.68 Å². The van der Waals surface area contributed by atoms with Crippen LogP contribution in [0.4, 0.5) is 0 Å². The maximum absolute atomic E-state index is 6.57. The summed E-state index contributed by atoms with van der Waals surface area (Å²) in [5.74, 6) is 0.733. The van der Waals surface area contributed by atoms with Gasteiger partial charge in [-0.1, -0.05) is 13.8 Å². The first-order valence-electron chi connectivity index (χ1n) is 7.48. The molecule has 0 fully saturated rings. The molecule has 1 rings (SSSR count).